The van der Waals surface area contributed by atoms with E-state index in [1.165, 1.54) is 44.9 Å². The van der Waals surface area contributed by atoms with Crippen LogP contribution in [0.15, 0.2) is 18.2 Å². The molecule has 0 saturated heterocycles. The SMILES string of the molecule is CC(C)C(=O)c1ccc(Cl)cc1NCCCCC1CCCCC1. The Morgan fingerprint density at radius 1 is 1.22 bits per heavy atom. The molecule has 0 unspecified atom stereocenters. The van der Waals surface area contributed by atoms with Gasteiger partial charge in [-0.15, -0.1) is 0 Å². The molecular formula is C20H30ClNO. The molecule has 1 aliphatic carbocycles. The summed E-state index contributed by atoms with van der Waals surface area (Å²) in [6.45, 7) is 4.78. The minimum Gasteiger partial charge on any atom is -0.384 e. The van der Waals surface area contributed by atoms with Crippen molar-refractivity contribution in [1.82, 2.24) is 0 Å². The molecule has 0 amide bonds. The van der Waals surface area contributed by atoms with Gasteiger partial charge in [-0.1, -0.05) is 70.4 Å². The molecule has 1 aromatic rings. The quantitative estimate of drug-likeness (QED) is 0.443. The van der Waals surface area contributed by atoms with Crippen molar-refractivity contribution < 1.29 is 4.79 Å². The van der Waals surface area contributed by atoms with Gasteiger partial charge < -0.3 is 5.32 Å². The number of hydrogen-bond donors (Lipinski definition) is 1. The number of ketones is 1. The van der Waals surface area contributed by atoms with E-state index in [1.807, 2.05) is 26.0 Å². The summed E-state index contributed by atoms with van der Waals surface area (Å²) in [6, 6.07) is 5.51. The first-order chi connectivity index (χ1) is 11.1. The molecule has 128 valence electrons. The molecular weight excluding hydrogens is 306 g/mol. The average molecular weight is 336 g/mol. The average Bonchev–Trinajstić information content (AvgIpc) is 2.55. The van der Waals surface area contributed by atoms with Crippen LogP contribution in [0.2, 0.25) is 5.02 Å². The van der Waals surface area contributed by atoms with E-state index in [1.54, 1.807) is 6.07 Å². The number of anilines is 1. The maximum absolute atomic E-state index is 12.3. The van der Waals surface area contributed by atoms with Gasteiger partial charge in [0.2, 0.25) is 0 Å². The highest BCUT2D eigenvalue weighted by molar-refractivity contribution is 6.31. The standard InChI is InChI=1S/C20H30ClNO/c1-15(2)20(23)18-12-11-17(21)14-19(18)22-13-7-6-10-16-8-4-3-5-9-16/h11-12,14-16,22H,3-10,13H2,1-2H3. The summed E-state index contributed by atoms with van der Waals surface area (Å²) in [5.41, 5.74) is 1.64. The number of carbonyl (C=O) groups is 1. The lowest BCUT2D eigenvalue weighted by molar-refractivity contribution is 0.0940. The lowest BCUT2D eigenvalue weighted by Crippen LogP contribution is -2.12. The fourth-order valence-corrected chi connectivity index (χ4v) is 3.62. The fraction of sp³-hybridized carbons (Fsp3) is 0.650. The highest BCUT2D eigenvalue weighted by Gasteiger charge is 2.15. The van der Waals surface area contributed by atoms with Crippen molar-refractivity contribution in [3.63, 3.8) is 0 Å². The topological polar surface area (TPSA) is 29.1 Å². The zero-order valence-corrected chi connectivity index (χ0v) is 15.3. The van der Waals surface area contributed by atoms with Crippen LogP contribution in [0.4, 0.5) is 5.69 Å². The van der Waals surface area contributed by atoms with E-state index in [0.717, 1.165) is 30.1 Å². The number of halogens is 1. The van der Waals surface area contributed by atoms with Gasteiger partial charge in [0.05, 0.1) is 0 Å². The van der Waals surface area contributed by atoms with Gasteiger partial charge in [0.15, 0.2) is 5.78 Å². The fourth-order valence-electron chi connectivity index (χ4n) is 3.45. The second kappa shape index (κ2) is 9.32. The Bertz CT molecular complexity index is 506. The molecule has 1 fully saturated rings. The zero-order valence-electron chi connectivity index (χ0n) is 14.5. The summed E-state index contributed by atoms with van der Waals surface area (Å²) >= 11 is 6.09. The van der Waals surface area contributed by atoms with Crippen LogP contribution in [-0.2, 0) is 0 Å². The summed E-state index contributed by atoms with van der Waals surface area (Å²) in [7, 11) is 0. The summed E-state index contributed by atoms with van der Waals surface area (Å²) < 4.78 is 0. The van der Waals surface area contributed by atoms with Crippen LogP contribution < -0.4 is 5.32 Å². The van der Waals surface area contributed by atoms with E-state index in [9.17, 15) is 4.79 Å². The summed E-state index contributed by atoms with van der Waals surface area (Å²) in [6.07, 6.45) is 10.9. The zero-order chi connectivity index (χ0) is 16.7. The third-order valence-electron chi connectivity index (χ3n) is 4.85. The van der Waals surface area contributed by atoms with Crippen LogP contribution in [-0.4, -0.2) is 12.3 Å². The van der Waals surface area contributed by atoms with Crippen molar-refractivity contribution in [2.45, 2.75) is 65.2 Å². The molecule has 3 heteroatoms. The number of rotatable bonds is 8. The van der Waals surface area contributed by atoms with Gasteiger partial charge in [-0.05, 0) is 30.5 Å². The first kappa shape index (κ1) is 18.3. The Hall–Kier alpha value is -1.02. The number of carbonyl (C=O) groups excluding carboxylic acids is 1. The lowest BCUT2D eigenvalue weighted by atomic mass is 9.86. The van der Waals surface area contributed by atoms with Crippen molar-refractivity contribution >= 4 is 23.1 Å². The minimum atomic E-state index is 0.00280. The smallest absolute Gasteiger partial charge is 0.167 e. The molecule has 1 N–H and O–H groups in total. The molecule has 0 aliphatic heterocycles. The molecule has 0 radical (unpaired) electrons. The number of Topliss-reactive ketones (excluding diaryl/α,β-unsaturated/α-hetero) is 1. The monoisotopic (exact) mass is 335 g/mol. The molecule has 0 bridgehead atoms. The molecule has 0 spiro atoms. The predicted molar refractivity (Wildman–Crippen MR) is 99.5 cm³/mol. The van der Waals surface area contributed by atoms with Gasteiger partial charge in [0.1, 0.15) is 0 Å². The van der Waals surface area contributed by atoms with Crippen LogP contribution in [0, 0.1) is 11.8 Å². The third kappa shape index (κ3) is 5.84. The minimum absolute atomic E-state index is 0.00280. The van der Waals surface area contributed by atoms with Crippen molar-refractivity contribution in [3.05, 3.63) is 28.8 Å². The van der Waals surface area contributed by atoms with Crippen molar-refractivity contribution in [2.24, 2.45) is 11.8 Å². The van der Waals surface area contributed by atoms with Crippen molar-refractivity contribution in [1.29, 1.82) is 0 Å². The van der Waals surface area contributed by atoms with Gasteiger partial charge in [-0.25, -0.2) is 0 Å². The Kier molecular flexibility index (Phi) is 7.42. The summed E-state index contributed by atoms with van der Waals surface area (Å²) in [5.74, 6) is 1.13. The van der Waals surface area contributed by atoms with E-state index in [0.29, 0.717) is 5.02 Å². The van der Waals surface area contributed by atoms with E-state index < -0.39 is 0 Å². The van der Waals surface area contributed by atoms with Gasteiger partial charge >= 0.3 is 0 Å². The number of benzene rings is 1. The van der Waals surface area contributed by atoms with Crippen LogP contribution in [0.1, 0.15) is 75.6 Å². The summed E-state index contributed by atoms with van der Waals surface area (Å²) in [4.78, 5) is 12.3. The largest absolute Gasteiger partial charge is 0.384 e. The third-order valence-corrected chi connectivity index (χ3v) is 5.09. The van der Waals surface area contributed by atoms with Crippen molar-refractivity contribution in [3.8, 4) is 0 Å². The van der Waals surface area contributed by atoms with Gasteiger partial charge in [-0.2, -0.15) is 0 Å². The molecule has 0 atom stereocenters. The molecule has 1 aliphatic rings. The number of unbranched alkanes of at least 4 members (excludes halogenated alkanes) is 1. The molecule has 0 heterocycles. The Balaban J connectivity index is 1.80. The number of hydrogen-bond acceptors (Lipinski definition) is 2. The van der Waals surface area contributed by atoms with Gasteiger partial charge in [-0.3, -0.25) is 4.79 Å². The van der Waals surface area contributed by atoms with Crippen LogP contribution in [0.5, 0.6) is 0 Å². The first-order valence-electron chi connectivity index (χ1n) is 9.15. The molecule has 2 rings (SSSR count). The number of nitrogens with one attached hydrogen (secondary N) is 1. The van der Waals surface area contributed by atoms with Crippen LogP contribution in [0.25, 0.3) is 0 Å². The highest BCUT2D eigenvalue weighted by atomic mass is 35.5. The van der Waals surface area contributed by atoms with E-state index in [2.05, 4.69) is 5.32 Å². The second-order valence-electron chi connectivity index (χ2n) is 7.14. The normalized spacial score (nSPS) is 15.8. The van der Waals surface area contributed by atoms with E-state index in [4.69, 9.17) is 11.6 Å². The highest BCUT2D eigenvalue weighted by Crippen LogP contribution is 2.28. The first-order valence-corrected chi connectivity index (χ1v) is 9.53. The molecule has 23 heavy (non-hydrogen) atoms. The Labute approximate surface area is 146 Å². The predicted octanol–water partition coefficient (Wildman–Crippen LogP) is 6.34. The summed E-state index contributed by atoms with van der Waals surface area (Å²) in [5, 5.41) is 4.10. The van der Waals surface area contributed by atoms with Crippen molar-refractivity contribution in [2.75, 3.05) is 11.9 Å². The van der Waals surface area contributed by atoms with E-state index in [-0.39, 0.29) is 11.7 Å². The lowest BCUT2D eigenvalue weighted by Gasteiger charge is -2.21. The molecule has 1 aromatic carbocycles. The molecule has 2 nitrogen and oxygen atoms in total. The Morgan fingerprint density at radius 3 is 2.65 bits per heavy atom. The van der Waals surface area contributed by atoms with Gasteiger partial charge in [0.25, 0.3) is 0 Å². The van der Waals surface area contributed by atoms with E-state index >= 15 is 0 Å². The molecule has 1 saturated carbocycles. The Morgan fingerprint density at radius 2 is 1.96 bits per heavy atom. The van der Waals surface area contributed by atoms with Gasteiger partial charge in [0, 0.05) is 28.7 Å². The molecule has 0 aromatic heterocycles. The van der Waals surface area contributed by atoms with Crippen LogP contribution >= 0.6 is 11.6 Å². The maximum Gasteiger partial charge on any atom is 0.167 e. The maximum atomic E-state index is 12.3. The second-order valence-corrected chi connectivity index (χ2v) is 7.57. The van der Waals surface area contributed by atoms with Crippen LogP contribution in [0.3, 0.4) is 0 Å².